The first kappa shape index (κ1) is 21.6. The molecule has 0 aliphatic carbocycles. The number of nitrogens with zero attached hydrogens (tertiary/aromatic N) is 2. The molecule has 0 aromatic heterocycles. The van der Waals surface area contributed by atoms with Gasteiger partial charge >= 0.3 is 6.03 Å². The van der Waals surface area contributed by atoms with E-state index in [1.54, 1.807) is 11.0 Å². The highest BCUT2D eigenvalue weighted by Gasteiger charge is 2.36. The second-order valence-electron chi connectivity index (χ2n) is 7.61. The van der Waals surface area contributed by atoms with Crippen molar-refractivity contribution in [2.45, 2.75) is 12.1 Å². The van der Waals surface area contributed by atoms with Gasteiger partial charge in [0.25, 0.3) is 5.91 Å². The fourth-order valence-corrected chi connectivity index (χ4v) is 3.95. The van der Waals surface area contributed by atoms with Crippen molar-refractivity contribution in [3.05, 3.63) is 60.2 Å². The Hall–Kier alpha value is -3.59. The van der Waals surface area contributed by atoms with Gasteiger partial charge in [-0.05, 0) is 17.7 Å². The van der Waals surface area contributed by atoms with Gasteiger partial charge in [0.05, 0.1) is 0 Å². The molecule has 2 aromatic carbocycles. The molecule has 168 valence electrons. The Morgan fingerprint density at radius 3 is 2.28 bits per heavy atom. The molecule has 2 aromatic rings. The van der Waals surface area contributed by atoms with Crippen LogP contribution < -0.4 is 20.1 Å². The minimum absolute atomic E-state index is 0.134. The van der Waals surface area contributed by atoms with Crippen LogP contribution in [0.1, 0.15) is 11.6 Å². The van der Waals surface area contributed by atoms with E-state index in [2.05, 4.69) is 10.6 Å². The zero-order valence-electron chi connectivity index (χ0n) is 17.8. The molecule has 2 N–H and O–H groups in total. The van der Waals surface area contributed by atoms with Gasteiger partial charge < -0.3 is 19.7 Å². The fraction of sp³-hybridized carbons (Fsp3) is 0.348. The average molecular weight is 438 g/mol. The number of rotatable bonds is 4. The number of urea groups is 1. The van der Waals surface area contributed by atoms with E-state index in [1.165, 1.54) is 7.05 Å². The van der Waals surface area contributed by atoms with Crippen LogP contribution >= 0.6 is 0 Å². The number of hydrogen-bond acceptors (Lipinski definition) is 6. The summed E-state index contributed by atoms with van der Waals surface area (Å²) in [7, 11) is 1.46. The Labute approximate surface area is 186 Å². The van der Waals surface area contributed by atoms with Gasteiger partial charge in [-0.3, -0.25) is 19.8 Å². The maximum absolute atomic E-state index is 13.0. The number of nitrogens with one attached hydrogen (secondary N) is 2. The number of imide groups is 1. The molecule has 0 radical (unpaired) electrons. The third-order valence-electron chi connectivity index (χ3n) is 5.60. The number of benzene rings is 2. The Morgan fingerprint density at radius 1 is 0.938 bits per heavy atom. The van der Waals surface area contributed by atoms with E-state index in [1.807, 2.05) is 53.4 Å². The first-order chi connectivity index (χ1) is 15.6. The molecule has 32 heavy (non-hydrogen) atoms. The summed E-state index contributed by atoms with van der Waals surface area (Å²) in [6, 6.07) is 15.4. The first-order valence-electron chi connectivity index (χ1n) is 10.6. The largest absolute Gasteiger partial charge is 0.485 e. The second kappa shape index (κ2) is 9.69. The predicted molar refractivity (Wildman–Crippen MR) is 116 cm³/mol. The SMILES string of the molecule is CNC(=O)NC(=O)[C@H](c1ccccc1)N1CCN(C(=O)[C@H]2COc3ccccc3O2)CC1. The van der Waals surface area contributed by atoms with Crippen LogP contribution in [0.4, 0.5) is 4.79 Å². The van der Waals surface area contributed by atoms with Gasteiger partial charge in [0, 0.05) is 33.2 Å². The molecule has 9 heteroatoms. The van der Waals surface area contributed by atoms with E-state index in [9.17, 15) is 14.4 Å². The van der Waals surface area contributed by atoms with E-state index in [0.717, 1.165) is 5.56 Å². The van der Waals surface area contributed by atoms with Crippen LogP contribution in [0, 0.1) is 0 Å². The minimum atomic E-state index is -0.696. The predicted octanol–water partition coefficient (Wildman–Crippen LogP) is 1.17. The lowest BCUT2D eigenvalue weighted by Gasteiger charge is -2.40. The summed E-state index contributed by atoms with van der Waals surface area (Å²) >= 11 is 0. The summed E-state index contributed by atoms with van der Waals surface area (Å²) in [6.07, 6.45) is -0.696. The van der Waals surface area contributed by atoms with Gasteiger partial charge in [0.1, 0.15) is 12.6 Å². The Kier molecular flexibility index (Phi) is 6.55. The van der Waals surface area contributed by atoms with Crippen molar-refractivity contribution < 1.29 is 23.9 Å². The average Bonchev–Trinajstić information content (AvgIpc) is 2.84. The normalized spacial score (nSPS) is 19.0. The van der Waals surface area contributed by atoms with Crippen LogP contribution in [0.5, 0.6) is 11.5 Å². The molecule has 4 amide bonds. The molecular formula is C23H26N4O5. The molecule has 9 nitrogen and oxygen atoms in total. The number of carbonyl (C=O) groups excluding carboxylic acids is 3. The van der Waals surface area contributed by atoms with Crippen LogP contribution in [0.3, 0.4) is 0 Å². The lowest BCUT2D eigenvalue weighted by Crippen LogP contribution is -2.56. The zero-order valence-corrected chi connectivity index (χ0v) is 17.8. The monoisotopic (exact) mass is 438 g/mol. The van der Waals surface area contributed by atoms with Crippen molar-refractivity contribution >= 4 is 17.8 Å². The summed E-state index contributed by atoms with van der Waals surface area (Å²) in [5.74, 6) is 0.654. The van der Waals surface area contributed by atoms with Gasteiger partial charge in [-0.2, -0.15) is 0 Å². The number of hydrogen-bond donors (Lipinski definition) is 2. The number of carbonyl (C=O) groups is 3. The molecule has 4 rings (SSSR count). The number of piperazine rings is 1. The Balaban J connectivity index is 1.41. The fourth-order valence-electron chi connectivity index (χ4n) is 3.95. The molecule has 2 atom stereocenters. The summed E-state index contributed by atoms with van der Waals surface area (Å²) in [5.41, 5.74) is 0.786. The third kappa shape index (κ3) is 4.67. The van der Waals surface area contributed by atoms with Gasteiger partial charge in [0.15, 0.2) is 11.5 Å². The third-order valence-corrected chi connectivity index (χ3v) is 5.60. The van der Waals surface area contributed by atoms with E-state index < -0.39 is 24.1 Å². The van der Waals surface area contributed by atoms with Gasteiger partial charge in [-0.25, -0.2) is 4.79 Å². The number of fused-ring (bicyclic) bond motifs is 1. The zero-order chi connectivity index (χ0) is 22.5. The highest BCUT2D eigenvalue weighted by molar-refractivity contribution is 5.97. The molecule has 0 spiro atoms. The molecule has 1 fully saturated rings. The van der Waals surface area contributed by atoms with Gasteiger partial charge in [-0.1, -0.05) is 42.5 Å². The maximum atomic E-state index is 13.0. The standard InChI is InChI=1S/C23H26N4O5/c1-24-23(30)25-21(28)20(16-7-3-2-4-8-16)26-11-13-27(14-12-26)22(29)19-15-31-17-9-5-6-10-18(17)32-19/h2-10,19-20H,11-15H2,1H3,(H2,24,25,28,30)/t19-,20+/m1/s1. The summed E-state index contributed by atoms with van der Waals surface area (Å²) < 4.78 is 11.5. The number of para-hydroxylation sites is 2. The summed E-state index contributed by atoms with van der Waals surface area (Å²) in [4.78, 5) is 41.3. The molecule has 2 aliphatic rings. The molecule has 2 aliphatic heterocycles. The smallest absolute Gasteiger partial charge is 0.321 e. The van der Waals surface area contributed by atoms with Crippen molar-refractivity contribution in [2.75, 3.05) is 39.8 Å². The molecule has 0 saturated carbocycles. The summed E-state index contributed by atoms with van der Waals surface area (Å²) in [6.45, 7) is 2.01. The first-order valence-corrected chi connectivity index (χ1v) is 10.6. The molecule has 1 saturated heterocycles. The van der Waals surface area contributed by atoms with Crippen molar-refractivity contribution in [2.24, 2.45) is 0 Å². The van der Waals surface area contributed by atoms with Crippen molar-refractivity contribution in [3.8, 4) is 11.5 Å². The van der Waals surface area contributed by atoms with Crippen LogP contribution in [-0.2, 0) is 9.59 Å². The van der Waals surface area contributed by atoms with Crippen molar-refractivity contribution in [1.82, 2.24) is 20.4 Å². The highest BCUT2D eigenvalue weighted by Crippen LogP contribution is 2.31. The van der Waals surface area contributed by atoms with Crippen LogP contribution in [0.15, 0.2) is 54.6 Å². The number of ether oxygens (including phenoxy) is 2. The molecule has 0 unspecified atom stereocenters. The molecule has 2 heterocycles. The topological polar surface area (TPSA) is 100 Å². The molecule has 0 bridgehead atoms. The van der Waals surface area contributed by atoms with E-state index >= 15 is 0 Å². The Bertz CT molecular complexity index is 975. The minimum Gasteiger partial charge on any atom is -0.485 e. The van der Waals surface area contributed by atoms with Gasteiger partial charge in [-0.15, -0.1) is 0 Å². The lowest BCUT2D eigenvalue weighted by molar-refractivity contribution is -0.143. The molecular weight excluding hydrogens is 412 g/mol. The van der Waals surface area contributed by atoms with Crippen LogP contribution in [0.2, 0.25) is 0 Å². The van der Waals surface area contributed by atoms with Crippen molar-refractivity contribution in [1.29, 1.82) is 0 Å². The van der Waals surface area contributed by atoms with Crippen molar-refractivity contribution in [3.63, 3.8) is 0 Å². The number of amides is 4. The van der Waals surface area contributed by atoms with Gasteiger partial charge in [0.2, 0.25) is 12.0 Å². The summed E-state index contributed by atoms with van der Waals surface area (Å²) in [5, 5.41) is 4.78. The van der Waals surface area contributed by atoms with Crippen LogP contribution in [-0.4, -0.2) is 73.6 Å². The Morgan fingerprint density at radius 2 is 1.59 bits per heavy atom. The van der Waals surface area contributed by atoms with Crippen LogP contribution in [0.25, 0.3) is 0 Å². The highest BCUT2D eigenvalue weighted by atomic mass is 16.6. The lowest BCUT2D eigenvalue weighted by atomic mass is 10.0. The second-order valence-corrected chi connectivity index (χ2v) is 7.61. The maximum Gasteiger partial charge on any atom is 0.321 e. The van der Waals surface area contributed by atoms with E-state index in [-0.39, 0.29) is 12.5 Å². The van der Waals surface area contributed by atoms with E-state index in [0.29, 0.717) is 37.7 Å². The van der Waals surface area contributed by atoms with E-state index in [4.69, 9.17) is 9.47 Å². The quantitative estimate of drug-likeness (QED) is 0.743.